The van der Waals surface area contributed by atoms with Crippen LogP contribution in [0, 0.1) is 5.82 Å². The fourth-order valence-electron chi connectivity index (χ4n) is 2.24. The molecule has 5 nitrogen and oxygen atoms in total. The molecule has 0 aliphatic heterocycles. The van der Waals surface area contributed by atoms with Crippen molar-refractivity contribution in [2.75, 3.05) is 0 Å². The molecular weight excluding hydrogens is 249 g/mol. The van der Waals surface area contributed by atoms with Gasteiger partial charge in [-0.25, -0.2) is 4.39 Å². The Morgan fingerprint density at radius 3 is 2.68 bits per heavy atom. The van der Waals surface area contributed by atoms with Crippen molar-refractivity contribution in [1.82, 2.24) is 15.0 Å². The van der Waals surface area contributed by atoms with Gasteiger partial charge < -0.3 is 5.11 Å². The second-order valence-corrected chi connectivity index (χ2v) is 4.84. The number of rotatable bonds is 3. The normalized spacial score (nSPS) is 16.3. The molecule has 3 rings (SSSR count). The van der Waals surface area contributed by atoms with Crippen molar-refractivity contribution in [2.24, 2.45) is 7.05 Å². The molecule has 0 amide bonds. The van der Waals surface area contributed by atoms with Gasteiger partial charge in [0.15, 0.2) is 0 Å². The summed E-state index contributed by atoms with van der Waals surface area (Å²) in [7, 11) is 1.67. The van der Waals surface area contributed by atoms with E-state index in [2.05, 4.69) is 10.2 Å². The molecule has 1 aliphatic carbocycles. The molecular formula is C13H12FN3O2. The lowest BCUT2D eigenvalue weighted by Gasteiger charge is -2.11. The first kappa shape index (κ1) is 11.8. The van der Waals surface area contributed by atoms with E-state index < -0.39 is 17.2 Å². The van der Waals surface area contributed by atoms with Crippen LogP contribution in [-0.4, -0.2) is 26.1 Å². The van der Waals surface area contributed by atoms with E-state index in [1.165, 1.54) is 23.1 Å². The van der Waals surface area contributed by atoms with E-state index in [-0.39, 0.29) is 0 Å². The van der Waals surface area contributed by atoms with Gasteiger partial charge in [-0.15, -0.1) is 0 Å². The minimum absolute atomic E-state index is 0.453. The van der Waals surface area contributed by atoms with Crippen LogP contribution >= 0.6 is 0 Å². The molecule has 0 spiro atoms. The lowest BCUT2D eigenvalue weighted by Crippen LogP contribution is -2.19. The summed E-state index contributed by atoms with van der Waals surface area (Å²) < 4.78 is 13.7. The van der Waals surface area contributed by atoms with Crippen molar-refractivity contribution >= 4 is 5.97 Å². The second-order valence-electron chi connectivity index (χ2n) is 4.84. The first-order valence-corrected chi connectivity index (χ1v) is 5.92. The Morgan fingerprint density at radius 2 is 2.16 bits per heavy atom. The quantitative estimate of drug-likeness (QED) is 0.913. The summed E-state index contributed by atoms with van der Waals surface area (Å²) in [6, 6.07) is 4.32. The molecule has 2 aromatic rings. The molecule has 1 heterocycles. The van der Waals surface area contributed by atoms with E-state index in [1.807, 2.05) is 0 Å². The van der Waals surface area contributed by atoms with E-state index in [0.29, 0.717) is 29.7 Å². The predicted molar refractivity (Wildman–Crippen MR) is 64.9 cm³/mol. The summed E-state index contributed by atoms with van der Waals surface area (Å²) in [5.74, 6) is -1.35. The van der Waals surface area contributed by atoms with Crippen molar-refractivity contribution in [3.63, 3.8) is 0 Å². The SMILES string of the molecule is Cn1ncc(-c2cc(F)cc(C3(C(=O)O)CC3)c2)n1. The number of aliphatic carboxylic acids is 1. The van der Waals surface area contributed by atoms with Gasteiger partial charge in [-0.1, -0.05) is 0 Å². The molecule has 98 valence electrons. The van der Waals surface area contributed by atoms with Gasteiger partial charge in [-0.05, 0) is 36.6 Å². The Kier molecular flexibility index (Phi) is 2.41. The molecule has 6 heteroatoms. The van der Waals surface area contributed by atoms with Crippen molar-refractivity contribution in [3.05, 3.63) is 35.8 Å². The summed E-state index contributed by atoms with van der Waals surface area (Å²) in [5, 5.41) is 17.3. The van der Waals surface area contributed by atoms with Gasteiger partial charge in [-0.3, -0.25) is 4.79 Å². The minimum Gasteiger partial charge on any atom is -0.481 e. The fourth-order valence-corrected chi connectivity index (χ4v) is 2.24. The Labute approximate surface area is 108 Å². The summed E-state index contributed by atoms with van der Waals surface area (Å²) in [4.78, 5) is 12.7. The lowest BCUT2D eigenvalue weighted by molar-refractivity contribution is -0.140. The number of hydrogen-bond donors (Lipinski definition) is 1. The first-order chi connectivity index (χ1) is 9.01. The molecule has 0 bridgehead atoms. The number of nitrogens with zero attached hydrogens (tertiary/aromatic N) is 3. The maximum atomic E-state index is 13.7. The Bertz CT molecular complexity index is 662. The molecule has 1 fully saturated rings. The van der Waals surface area contributed by atoms with Crippen molar-refractivity contribution in [1.29, 1.82) is 0 Å². The van der Waals surface area contributed by atoms with Gasteiger partial charge in [0.1, 0.15) is 11.5 Å². The Morgan fingerprint density at radius 1 is 1.42 bits per heavy atom. The second kappa shape index (κ2) is 3.88. The van der Waals surface area contributed by atoms with Crippen LogP contribution in [-0.2, 0) is 17.3 Å². The average Bonchev–Trinajstić information content (AvgIpc) is 3.06. The van der Waals surface area contributed by atoms with Crippen LogP contribution in [0.5, 0.6) is 0 Å². The van der Waals surface area contributed by atoms with Gasteiger partial charge in [0.2, 0.25) is 0 Å². The molecule has 1 aromatic carbocycles. The topological polar surface area (TPSA) is 68.0 Å². The third kappa shape index (κ3) is 1.89. The van der Waals surface area contributed by atoms with Crippen LogP contribution in [0.25, 0.3) is 11.3 Å². The molecule has 0 radical (unpaired) electrons. The van der Waals surface area contributed by atoms with E-state index in [1.54, 1.807) is 13.1 Å². The van der Waals surface area contributed by atoms with Crippen LogP contribution in [0.15, 0.2) is 24.4 Å². The average molecular weight is 261 g/mol. The maximum Gasteiger partial charge on any atom is 0.314 e. The number of carboxylic acid groups (broad SMARTS) is 1. The van der Waals surface area contributed by atoms with Crippen molar-refractivity contribution < 1.29 is 14.3 Å². The summed E-state index contributed by atoms with van der Waals surface area (Å²) >= 11 is 0. The molecule has 0 saturated heterocycles. The van der Waals surface area contributed by atoms with Crippen molar-refractivity contribution in [3.8, 4) is 11.3 Å². The third-order valence-electron chi connectivity index (χ3n) is 3.51. The number of carboxylic acids is 1. The highest BCUT2D eigenvalue weighted by Gasteiger charge is 2.52. The number of carbonyl (C=O) groups is 1. The van der Waals surface area contributed by atoms with Gasteiger partial charge in [0, 0.05) is 12.6 Å². The van der Waals surface area contributed by atoms with Gasteiger partial charge in [-0.2, -0.15) is 15.0 Å². The maximum absolute atomic E-state index is 13.7. The summed E-state index contributed by atoms with van der Waals surface area (Å²) in [5.41, 5.74) is 0.666. The zero-order valence-corrected chi connectivity index (χ0v) is 10.3. The number of aryl methyl sites for hydroxylation is 1. The molecule has 1 aromatic heterocycles. The molecule has 1 N–H and O–H groups in total. The molecule has 19 heavy (non-hydrogen) atoms. The van der Waals surface area contributed by atoms with Crippen LogP contribution < -0.4 is 0 Å². The summed E-state index contributed by atoms with van der Waals surface area (Å²) in [6.07, 6.45) is 2.62. The van der Waals surface area contributed by atoms with Crippen LogP contribution in [0.2, 0.25) is 0 Å². The standard InChI is InChI=1S/C13H12FN3O2/c1-17-15-7-11(16-17)8-4-9(6-10(14)5-8)13(2-3-13)12(18)19/h4-7H,2-3H2,1H3,(H,18,19). The van der Waals surface area contributed by atoms with E-state index in [4.69, 9.17) is 0 Å². The zero-order chi connectivity index (χ0) is 13.6. The summed E-state index contributed by atoms with van der Waals surface area (Å²) in [6.45, 7) is 0. The zero-order valence-electron chi connectivity index (χ0n) is 10.3. The lowest BCUT2D eigenvalue weighted by atomic mass is 9.94. The Balaban J connectivity index is 2.09. The van der Waals surface area contributed by atoms with E-state index in [0.717, 1.165) is 0 Å². The largest absolute Gasteiger partial charge is 0.481 e. The Hall–Kier alpha value is -2.24. The molecule has 1 saturated carbocycles. The highest BCUT2D eigenvalue weighted by atomic mass is 19.1. The first-order valence-electron chi connectivity index (χ1n) is 5.92. The fraction of sp³-hybridized carbons (Fsp3) is 0.308. The monoisotopic (exact) mass is 261 g/mol. The molecule has 0 atom stereocenters. The van der Waals surface area contributed by atoms with Crippen molar-refractivity contribution in [2.45, 2.75) is 18.3 Å². The number of halogens is 1. The van der Waals surface area contributed by atoms with Gasteiger partial charge >= 0.3 is 5.97 Å². The van der Waals surface area contributed by atoms with Crippen LogP contribution in [0.3, 0.4) is 0 Å². The number of benzene rings is 1. The number of hydrogen-bond acceptors (Lipinski definition) is 3. The highest BCUT2D eigenvalue weighted by Crippen LogP contribution is 2.49. The predicted octanol–water partition coefficient (Wildman–Crippen LogP) is 1.74. The third-order valence-corrected chi connectivity index (χ3v) is 3.51. The smallest absolute Gasteiger partial charge is 0.314 e. The van der Waals surface area contributed by atoms with E-state index >= 15 is 0 Å². The molecule has 0 unspecified atom stereocenters. The van der Waals surface area contributed by atoms with Gasteiger partial charge in [0.25, 0.3) is 0 Å². The van der Waals surface area contributed by atoms with Crippen LogP contribution in [0.4, 0.5) is 4.39 Å². The molecule has 1 aliphatic rings. The highest BCUT2D eigenvalue weighted by molar-refractivity contribution is 5.85. The number of aromatic nitrogens is 3. The van der Waals surface area contributed by atoms with E-state index in [9.17, 15) is 14.3 Å². The minimum atomic E-state index is -0.918. The van der Waals surface area contributed by atoms with Crippen LogP contribution in [0.1, 0.15) is 18.4 Å². The van der Waals surface area contributed by atoms with Gasteiger partial charge in [0.05, 0.1) is 11.6 Å².